The lowest BCUT2D eigenvalue weighted by Gasteiger charge is -2.24. The van der Waals surface area contributed by atoms with E-state index in [-0.39, 0.29) is 13.0 Å². The van der Waals surface area contributed by atoms with E-state index in [2.05, 4.69) is 0 Å². The van der Waals surface area contributed by atoms with E-state index in [1.165, 1.54) is 0 Å². The van der Waals surface area contributed by atoms with Crippen molar-refractivity contribution >= 4 is 16.0 Å². The highest BCUT2D eigenvalue weighted by atomic mass is 32.2. The number of carboxylic acids is 1. The van der Waals surface area contributed by atoms with Crippen LogP contribution in [0.5, 0.6) is 0 Å². The third-order valence-electron chi connectivity index (χ3n) is 3.57. The van der Waals surface area contributed by atoms with Crippen molar-refractivity contribution in [3.8, 4) is 0 Å². The Morgan fingerprint density at radius 2 is 1.82 bits per heavy atom. The van der Waals surface area contributed by atoms with Gasteiger partial charge in [-0.15, -0.1) is 0 Å². The highest BCUT2D eigenvalue weighted by Gasteiger charge is 2.46. The average molecular weight is 263 g/mol. The summed E-state index contributed by atoms with van der Waals surface area (Å²) in [7, 11) is -3.57. The smallest absolute Gasteiger partial charge is 0.322 e. The molecule has 1 aliphatic carbocycles. The maximum atomic E-state index is 12.2. The van der Waals surface area contributed by atoms with Crippen LogP contribution in [-0.2, 0) is 14.8 Å². The second kappa shape index (κ2) is 4.55. The zero-order chi connectivity index (χ0) is 12.6. The normalized spacial score (nSPS) is 32.1. The fourth-order valence-corrected chi connectivity index (χ4v) is 4.89. The number of sulfonamides is 1. The SMILES string of the molecule is O=C(O)[C@H]1C[C@@H](O)CN1S(=O)(=O)C1CCCC1. The van der Waals surface area contributed by atoms with Crippen LogP contribution in [0.25, 0.3) is 0 Å². The molecule has 0 unspecified atom stereocenters. The Bertz CT molecular complexity index is 401. The van der Waals surface area contributed by atoms with Crippen molar-refractivity contribution in [2.24, 2.45) is 0 Å². The molecule has 2 atom stereocenters. The first-order chi connectivity index (χ1) is 7.93. The molecule has 98 valence electrons. The maximum absolute atomic E-state index is 12.2. The minimum atomic E-state index is -3.57. The Morgan fingerprint density at radius 3 is 2.35 bits per heavy atom. The van der Waals surface area contributed by atoms with Crippen LogP contribution in [0, 0.1) is 0 Å². The van der Waals surface area contributed by atoms with Gasteiger partial charge in [0.1, 0.15) is 6.04 Å². The van der Waals surface area contributed by atoms with Gasteiger partial charge in [-0.3, -0.25) is 4.79 Å². The third kappa shape index (κ3) is 2.31. The Labute approximate surface area is 100 Å². The Balaban J connectivity index is 2.22. The molecule has 0 bridgehead atoms. The number of hydrogen-bond acceptors (Lipinski definition) is 4. The molecule has 1 aliphatic heterocycles. The summed E-state index contributed by atoms with van der Waals surface area (Å²) in [6.45, 7) is -0.0875. The van der Waals surface area contributed by atoms with Crippen LogP contribution in [0.4, 0.5) is 0 Å². The van der Waals surface area contributed by atoms with Gasteiger partial charge in [-0.2, -0.15) is 4.31 Å². The standard InChI is InChI=1S/C10H17NO5S/c12-7-5-9(10(13)14)11(6-7)17(15,16)8-3-1-2-4-8/h7-9,12H,1-6H2,(H,13,14)/t7-,9-/m1/s1. The molecule has 6 nitrogen and oxygen atoms in total. The Morgan fingerprint density at radius 1 is 1.24 bits per heavy atom. The van der Waals surface area contributed by atoms with Crippen molar-refractivity contribution in [2.45, 2.75) is 49.5 Å². The van der Waals surface area contributed by atoms with E-state index in [1.807, 2.05) is 0 Å². The molecule has 2 fully saturated rings. The molecule has 2 rings (SSSR count). The van der Waals surface area contributed by atoms with E-state index < -0.39 is 33.4 Å². The van der Waals surface area contributed by atoms with Crippen LogP contribution in [-0.4, -0.2) is 52.8 Å². The number of aliphatic hydroxyl groups is 1. The average Bonchev–Trinajstić information content (AvgIpc) is 2.84. The molecule has 0 aromatic rings. The highest BCUT2D eigenvalue weighted by molar-refractivity contribution is 7.89. The molecule has 7 heteroatoms. The van der Waals surface area contributed by atoms with Gasteiger partial charge in [0, 0.05) is 13.0 Å². The molecule has 0 amide bonds. The second-order valence-electron chi connectivity index (χ2n) is 4.76. The lowest BCUT2D eigenvalue weighted by Crippen LogP contribution is -2.44. The Kier molecular flexibility index (Phi) is 3.42. The number of aliphatic hydroxyl groups excluding tert-OH is 1. The van der Waals surface area contributed by atoms with Crippen LogP contribution < -0.4 is 0 Å². The van der Waals surface area contributed by atoms with E-state index in [1.54, 1.807) is 0 Å². The van der Waals surface area contributed by atoms with Gasteiger partial charge in [0.25, 0.3) is 0 Å². The van der Waals surface area contributed by atoms with Crippen LogP contribution in [0.15, 0.2) is 0 Å². The summed E-state index contributed by atoms with van der Waals surface area (Å²) in [5.74, 6) is -1.18. The summed E-state index contributed by atoms with van der Waals surface area (Å²) in [6.07, 6.45) is 2.06. The number of hydrogen-bond donors (Lipinski definition) is 2. The molecule has 1 heterocycles. The van der Waals surface area contributed by atoms with E-state index in [0.29, 0.717) is 12.8 Å². The topological polar surface area (TPSA) is 94.9 Å². The minimum absolute atomic E-state index is 0.0126. The third-order valence-corrected chi connectivity index (χ3v) is 5.94. The van der Waals surface area contributed by atoms with Gasteiger partial charge in [0.15, 0.2) is 0 Å². The summed E-state index contributed by atoms with van der Waals surface area (Å²) in [5, 5.41) is 18.0. The van der Waals surface area contributed by atoms with Gasteiger partial charge >= 0.3 is 5.97 Å². The molecule has 0 radical (unpaired) electrons. The molecule has 0 aromatic heterocycles. The molecule has 2 aliphatic rings. The molecule has 1 saturated heterocycles. The molecule has 0 aromatic carbocycles. The first-order valence-corrected chi connectivity index (χ1v) is 7.35. The monoisotopic (exact) mass is 263 g/mol. The highest BCUT2D eigenvalue weighted by Crippen LogP contribution is 2.31. The first-order valence-electron chi connectivity index (χ1n) is 5.84. The number of β-amino-alcohol motifs (C(OH)–C–C–N with tert-alkyl or cyclic N) is 1. The summed E-state index contributed by atoms with van der Waals surface area (Å²) >= 11 is 0. The molecule has 2 N–H and O–H groups in total. The van der Waals surface area contributed by atoms with Gasteiger partial charge in [0.05, 0.1) is 11.4 Å². The molecule has 0 spiro atoms. The quantitative estimate of drug-likeness (QED) is 0.734. The van der Waals surface area contributed by atoms with Crippen molar-refractivity contribution in [3.63, 3.8) is 0 Å². The summed E-state index contributed by atoms with van der Waals surface area (Å²) < 4.78 is 25.5. The van der Waals surface area contributed by atoms with Crippen LogP contribution >= 0.6 is 0 Å². The molecular weight excluding hydrogens is 246 g/mol. The summed E-state index contributed by atoms with van der Waals surface area (Å²) in [6, 6.07) is -1.10. The van der Waals surface area contributed by atoms with Gasteiger partial charge in [-0.25, -0.2) is 8.42 Å². The van der Waals surface area contributed by atoms with Crippen LogP contribution in [0.2, 0.25) is 0 Å². The predicted octanol–water partition coefficient (Wildman–Crippen LogP) is -0.221. The van der Waals surface area contributed by atoms with Gasteiger partial charge in [-0.05, 0) is 12.8 Å². The van der Waals surface area contributed by atoms with Crippen molar-refractivity contribution in [3.05, 3.63) is 0 Å². The zero-order valence-electron chi connectivity index (χ0n) is 9.45. The maximum Gasteiger partial charge on any atom is 0.322 e. The lowest BCUT2D eigenvalue weighted by atomic mass is 10.2. The summed E-state index contributed by atoms with van der Waals surface area (Å²) in [4.78, 5) is 11.0. The van der Waals surface area contributed by atoms with Crippen molar-refractivity contribution < 1.29 is 23.4 Å². The number of aliphatic carboxylic acids is 1. The van der Waals surface area contributed by atoms with E-state index in [0.717, 1.165) is 17.1 Å². The fraction of sp³-hybridized carbons (Fsp3) is 0.900. The number of rotatable bonds is 3. The van der Waals surface area contributed by atoms with Crippen molar-refractivity contribution in [2.75, 3.05) is 6.54 Å². The lowest BCUT2D eigenvalue weighted by molar-refractivity contribution is -0.140. The number of carboxylic acid groups (broad SMARTS) is 1. The van der Waals surface area contributed by atoms with Crippen molar-refractivity contribution in [1.29, 1.82) is 0 Å². The minimum Gasteiger partial charge on any atom is -0.480 e. The van der Waals surface area contributed by atoms with E-state index >= 15 is 0 Å². The van der Waals surface area contributed by atoms with Gasteiger partial charge in [-0.1, -0.05) is 12.8 Å². The molecular formula is C10H17NO5S. The Hall–Kier alpha value is -0.660. The zero-order valence-corrected chi connectivity index (χ0v) is 10.3. The first kappa shape index (κ1) is 12.8. The fourth-order valence-electron chi connectivity index (χ4n) is 2.67. The van der Waals surface area contributed by atoms with E-state index in [9.17, 15) is 18.3 Å². The van der Waals surface area contributed by atoms with Gasteiger partial charge in [0.2, 0.25) is 10.0 Å². The predicted molar refractivity (Wildman–Crippen MR) is 59.9 cm³/mol. The molecule has 1 saturated carbocycles. The summed E-state index contributed by atoms with van der Waals surface area (Å²) in [5.41, 5.74) is 0. The van der Waals surface area contributed by atoms with Crippen LogP contribution in [0.3, 0.4) is 0 Å². The number of nitrogens with zero attached hydrogens (tertiary/aromatic N) is 1. The number of carbonyl (C=O) groups is 1. The van der Waals surface area contributed by atoms with Crippen LogP contribution in [0.1, 0.15) is 32.1 Å². The van der Waals surface area contributed by atoms with Crippen molar-refractivity contribution in [1.82, 2.24) is 4.31 Å². The molecule has 17 heavy (non-hydrogen) atoms. The second-order valence-corrected chi connectivity index (χ2v) is 6.93. The largest absolute Gasteiger partial charge is 0.480 e. The van der Waals surface area contributed by atoms with E-state index in [4.69, 9.17) is 5.11 Å². The van der Waals surface area contributed by atoms with Gasteiger partial charge < -0.3 is 10.2 Å².